The van der Waals surface area contributed by atoms with Crippen LogP contribution in [0.2, 0.25) is 0 Å². The van der Waals surface area contributed by atoms with Crippen molar-refractivity contribution in [3.8, 4) is 0 Å². The lowest BCUT2D eigenvalue weighted by atomic mass is 10.1. The van der Waals surface area contributed by atoms with E-state index in [2.05, 4.69) is 26.0 Å². The maximum absolute atomic E-state index is 12.7. The van der Waals surface area contributed by atoms with Gasteiger partial charge in [-0.15, -0.1) is 0 Å². The summed E-state index contributed by atoms with van der Waals surface area (Å²) in [5.41, 5.74) is -0.278. The minimum absolute atomic E-state index is 0.119. The number of carbonyl (C=O) groups is 1. The van der Waals surface area contributed by atoms with Gasteiger partial charge in [-0.3, -0.25) is 14.0 Å². The van der Waals surface area contributed by atoms with Crippen LogP contribution in [0, 0.1) is 0 Å². The lowest BCUT2D eigenvalue weighted by Crippen LogP contribution is -2.27. The van der Waals surface area contributed by atoms with Crippen LogP contribution in [0.1, 0.15) is 16.2 Å². The predicted molar refractivity (Wildman–Crippen MR) is 101 cm³/mol. The van der Waals surface area contributed by atoms with E-state index in [-0.39, 0.29) is 28.6 Å². The molecule has 1 aromatic carbocycles. The number of aromatic nitrogens is 4. The van der Waals surface area contributed by atoms with Crippen molar-refractivity contribution in [3.05, 3.63) is 85.2 Å². The summed E-state index contributed by atoms with van der Waals surface area (Å²) in [6, 6.07) is 11.1. The van der Waals surface area contributed by atoms with Crippen LogP contribution in [0.15, 0.2) is 62.7 Å². The molecule has 0 aliphatic rings. The molecule has 8 nitrogen and oxygen atoms in total. The molecule has 3 aromatic heterocycles. The van der Waals surface area contributed by atoms with Crippen molar-refractivity contribution in [2.45, 2.75) is 6.54 Å². The summed E-state index contributed by atoms with van der Waals surface area (Å²) < 4.78 is 3.11. The smallest absolute Gasteiger partial charge is 0.357 e. The minimum Gasteiger partial charge on any atom is -0.476 e. The van der Waals surface area contributed by atoms with Crippen molar-refractivity contribution < 1.29 is 9.90 Å². The van der Waals surface area contributed by atoms with Gasteiger partial charge in [-0.2, -0.15) is 5.10 Å². The molecule has 0 atom stereocenters. The van der Waals surface area contributed by atoms with Crippen LogP contribution in [-0.2, 0) is 6.54 Å². The molecule has 0 aliphatic carbocycles. The monoisotopic (exact) mass is 426 g/mol. The number of carboxylic acid groups (broad SMARTS) is 1. The maximum Gasteiger partial charge on any atom is 0.357 e. The highest BCUT2D eigenvalue weighted by atomic mass is 79.9. The molecule has 1 N–H and O–H groups in total. The molecule has 9 heteroatoms. The van der Waals surface area contributed by atoms with Gasteiger partial charge in [-0.25, -0.2) is 14.5 Å². The van der Waals surface area contributed by atoms with Crippen molar-refractivity contribution in [2.24, 2.45) is 0 Å². The van der Waals surface area contributed by atoms with Gasteiger partial charge in [0.15, 0.2) is 5.69 Å². The van der Waals surface area contributed by atoms with E-state index in [0.29, 0.717) is 11.3 Å². The third-order valence-corrected chi connectivity index (χ3v) is 4.53. The summed E-state index contributed by atoms with van der Waals surface area (Å²) in [4.78, 5) is 40.9. The Balaban J connectivity index is 1.89. The van der Waals surface area contributed by atoms with E-state index in [1.54, 1.807) is 36.5 Å². The second-order valence-electron chi connectivity index (χ2n) is 5.82. The summed E-state index contributed by atoms with van der Waals surface area (Å²) in [6.45, 7) is -0.119. The summed E-state index contributed by atoms with van der Waals surface area (Å²) in [6.07, 6.45) is 1.59. The Morgan fingerprint density at radius 3 is 2.59 bits per heavy atom. The van der Waals surface area contributed by atoms with E-state index in [9.17, 15) is 19.5 Å². The van der Waals surface area contributed by atoms with Crippen LogP contribution in [-0.4, -0.2) is 30.2 Å². The topological polar surface area (TPSA) is 107 Å². The van der Waals surface area contributed by atoms with Crippen molar-refractivity contribution in [3.63, 3.8) is 0 Å². The zero-order chi connectivity index (χ0) is 19.1. The SMILES string of the molecule is O=C(O)c1nn(Cc2cc(=O)n3cc(Br)ccc3n2)c(=O)c2ccccc12. The number of fused-ring (bicyclic) bond motifs is 2. The normalized spacial score (nSPS) is 11.1. The molecule has 134 valence electrons. The second kappa shape index (κ2) is 6.44. The molecule has 0 spiro atoms. The van der Waals surface area contributed by atoms with Crippen LogP contribution in [0.4, 0.5) is 0 Å². The maximum atomic E-state index is 12.7. The molecule has 4 aromatic rings. The Morgan fingerprint density at radius 2 is 1.85 bits per heavy atom. The van der Waals surface area contributed by atoms with E-state index in [1.165, 1.54) is 16.5 Å². The highest BCUT2D eigenvalue weighted by Crippen LogP contribution is 2.14. The molecule has 0 fully saturated rings. The van der Waals surface area contributed by atoms with Crippen LogP contribution < -0.4 is 11.1 Å². The number of hydrogen-bond acceptors (Lipinski definition) is 5. The zero-order valence-electron chi connectivity index (χ0n) is 13.7. The van der Waals surface area contributed by atoms with Gasteiger partial charge >= 0.3 is 5.97 Å². The molecule has 4 rings (SSSR count). The Bertz CT molecular complexity index is 1340. The first kappa shape index (κ1) is 17.1. The third kappa shape index (κ3) is 3.02. The largest absolute Gasteiger partial charge is 0.476 e. The fraction of sp³-hybridized carbons (Fsp3) is 0.0556. The molecule has 0 saturated carbocycles. The highest BCUT2D eigenvalue weighted by molar-refractivity contribution is 9.10. The average Bonchev–Trinajstić information content (AvgIpc) is 2.64. The third-order valence-electron chi connectivity index (χ3n) is 4.06. The van der Waals surface area contributed by atoms with Crippen molar-refractivity contribution in [1.82, 2.24) is 19.2 Å². The minimum atomic E-state index is -1.24. The Labute approximate surface area is 159 Å². The van der Waals surface area contributed by atoms with E-state index >= 15 is 0 Å². The molecule has 3 heterocycles. The van der Waals surface area contributed by atoms with Crippen LogP contribution in [0.3, 0.4) is 0 Å². The first-order valence-electron chi connectivity index (χ1n) is 7.85. The van der Waals surface area contributed by atoms with E-state index in [4.69, 9.17) is 0 Å². The van der Waals surface area contributed by atoms with Crippen molar-refractivity contribution >= 4 is 38.3 Å². The number of aromatic carboxylic acids is 1. The first-order valence-corrected chi connectivity index (χ1v) is 8.64. The number of rotatable bonds is 3. The average molecular weight is 427 g/mol. The standard InChI is InChI=1S/C18H11BrN4O4/c19-10-5-6-14-20-11(7-15(24)22(14)8-10)9-23-17(25)13-4-2-1-3-12(13)16(21-23)18(26)27/h1-8H,9H2,(H,26,27). The van der Waals surface area contributed by atoms with Gasteiger partial charge in [-0.05, 0) is 34.1 Å². The second-order valence-corrected chi connectivity index (χ2v) is 6.74. The van der Waals surface area contributed by atoms with Crippen molar-refractivity contribution in [1.29, 1.82) is 0 Å². The van der Waals surface area contributed by atoms with Crippen LogP contribution in [0.5, 0.6) is 0 Å². The number of carboxylic acids is 1. The molecule has 0 amide bonds. The Morgan fingerprint density at radius 1 is 1.11 bits per heavy atom. The number of nitrogens with zero attached hydrogens (tertiary/aromatic N) is 4. The summed E-state index contributed by atoms with van der Waals surface area (Å²) in [7, 11) is 0. The molecular weight excluding hydrogens is 416 g/mol. The number of benzene rings is 1. The molecule has 0 aliphatic heterocycles. The van der Waals surface area contributed by atoms with Crippen LogP contribution in [0.25, 0.3) is 16.4 Å². The van der Waals surface area contributed by atoms with Gasteiger partial charge in [0.05, 0.1) is 17.6 Å². The fourth-order valence-corrected chi connectivity index (χ4v) is 3.20. The highest BCUT2D eigenvalue weighted by Gasteiger charge is 2.16. The molecule has 0 saturated heterocycles. The lowest BCUT2D eigenvalue weighted by molar-refractivity contribution is 0.0690. The van der Waals surface area contributed by atoms with E-state index in [0.717, 1.165) is 9.15 Å². The van der Waals surface area contributed by atoms with Crippen LogP contribution >= 0.6 is 15.9 Å². The van der Waals surface area contributed by atoms with E-state index < -0.39 is 11.5 Å². The lowest BCUT2D eigenvalue weighted by Gasteiger charge is -2.09. The summed E-state index contributed by atoms with van der Waals surface area (Å²) >= 11 is 3.29. The van der Waals surface area contributed by atoms with Gasteiger partial charge in [-0.1, -0.05) is 18.2 Å². The van der Waals surface area contributed by atoms with Gasteiger partial charge in [0, 0.05) is 22.1 Å². The van der Waals surface area contributed by atoms with Crippen molar-refractivity contribution in [2.75, 3.05) is 0 Å². The molecule has 0 radical (unpaired) electrons. The fourth-order valence-electron chi connectivity index (χ4n) is 2.86. The Hall–Kier alpha value is -3.33. The molecule has 27 heavy (non-hydrogen) atoms. The van der Waals surface area contributed by atoms with Gasteiger partial charge in [0.1, 0.15) is 5.65 Å². The molecule has 0 unspecified atom stereocenters. The number of hydrogen-bond donors (Lipinski definition) is 1. The van der Waals surface area contributed by atoms with Gasteiger partial charge < -0.3 is 5.11 Å². The zero-order valence-corrected chi connectivity index (χ0v) is 15.3. The van der Waals surface area contributed by atoms with E-state index in [1.807, 2.05) is 0 Å². The van der Waals surface area contributed by atoms with Gasteiger partial charge in [0.2, 0.25) is 0 Å². The Kier molecular flexibility index (Phi) is 4.08. The summed E-state index contributed by atoms with van der Waals surface area (Å²) in [5.74, 6) is -1.24. The number of pyridine rings is 1. The molecular formula is C18H11BrN4O4. The van der Waals surface area contributed by atoms with Gasteiger partial charge in [0.25, 0.3) is 11.1 Å². The quantitative estimate of drug-likeness (QED) is 0.536. The number of halogens is 1. The first-order chi connectivity index (χ1) is 12.9. The molecule has 0 bridgehead atoms. The predicted octanol–water partition coefficient (Wildman–Crippen LogP) is 1.91. The summed E-state index contributed by atoms with van der Waals surface area (Å²) in [5, 5.41) is 13.9.